The van der Waals surface area contributed by atoms with Crippen LogP contribution in [0.1, 0.15) is 34.6 Å². The Morgan fingerprint density at radius 3 is 2.00 bits per heavy atom. The van der Waals surface area contributed by atoms with E-state index in [9.17, 15) is 4.79 Å². The van der Waals surface area contributed by atoms with Gasteiger partial charge in [0.2, 0.25) is 0 Å². The van der Waals surface area contributed by atoms with E-state index in [1.54, 1.807) is 34.6 Å². The lowest BCUT2D eigenvalue weighted by molar-refractivity contribution is -0.158. The molecular formula is C9H15ClO3. The van der Waals surface area contributed by atoms with Crippen LogP contribution in [0.2, 0.25) is 0 Å². The predicted molar refractivity (Wildman–Crippen MR) is 49.6 cm³/mol. The lowest BCUT2D eigenvalue weighted by Crippen LogP contribution is -2.34. The van der Waals surface area contributed by atoms with Crippen molar-refractivity contribution in [2.45, 2.75) is 50.9 Å². The summed E-state index contributed by atoms with van der Waals surface area (Å²) in [4.78, 5) is 11.5. The summed E-state index contributed by atoms with van der Waals surface area (Å²) in [6, 6.07) is 0. The van der Waals surface area contributed by atoms with E-state index >= 15 is 0 Å². The van der Waals surface area contributed by atoms with Gasteiger partial charge in [-0.25, -0.2) is 4.79 Å². The van der Waals surface area contributed by atoms with Crippen molar-refractivity contribution < 1.29 is 14.3 Å². The third-order valence-corrected chi connectivity index (χ3v) is 2.48. The number of epoxide rings is 1. The third kappa shape index (κ3) is 1.97. The summed E-state index contributed by atoms with van der Waals surface area (Å²) in [5, 5.41) is -1.28. The fourth-order valence-electron chi connectivity index (χ4n) is 0.957. The topological polar surface area (TPSA) is 38.8 Å². The van der Waals surface area contributed by atoms with Gasteiger partial charge in [0.25, 0.3) is 5.06 Å². The minimum Gasteiger partial charge on any atom is -0.457 e. The average molecular weight is 207 g/mol. The second-order valence-corrected chi connectivity index (χ2v) is 5.24. The number of carbonyl (C=O) groups excluding carboxylic acids is 1. The Hall–Kier alpha value is -0.280. The van der Waals surface area contributed by atoms with Crippen LogP contribution in [0.5, 0.6) is 0 Å². The molecule has 0 aliphatic carbocycles. The first-order valence-electron chi connectivity index (χ1n) is 4.21. The van der Waals surface area contributed by atoms with Crippen LogP contribution in [-0.2, 0) is 14.3 Å². The van der Waals surface area contributed by atoms with E-state index in [1.807, 2.05) is 0 Å². The second kappa shape index (κ2) is 2.61. The molecule has 0 saturated carbocycles. The second-order valence-electron chi connectivity index (χ2n) is 4.71. The molecule has 1 saturated heterocycles. The Balaban J connectivity index is 2.62. The predicted octanol–water partition coefficient (Wildman–Crippen LogP) is 2.07. The molecule has 0 bridgehead atoms. The Kier molecular flexibility index (Phi) is 2.17. The number of alkyl halides is 1. The third-order valence-electron chi connectivity index (χ3n) is 1.79. The van der Waals surface area contributed by atoms with Gasteiger partial charge in [0.05, 0.1) is 0 Å². The molecule has 0 aromatic heterocycles. The minimum atomic E-state index is -1.28. The minimum absolute atomic E-state index is 0.508. The molecule has 1 atom stereocenters. The molecule has 76 valence electrons. The van der Waals surface area contributed by atoms with E-state index in [1.165, 1.54) is 0 Å². The summed E-state index contributed by atoms with van der Waals surface area (Å²) in [5.41, 5.74) is -1.14. The molecule has 0 aromatic rings. The zero-order valence-electron chi connectivity index (χ0n) is 8.60. The first kappa shape index (κ1) is 10.8. The van der Waals surface area contributed by atoms with Crippen LogP contribution in [0.3, 0.4) is 0 Å². The average Bonchev–Trinajstić information content (AvgIpc) is 2.29. The molecule has 0 spiro atoms. The zero-order chi connectivity index (χ0) is 10.5. The highest BCUT2D eigenvalue weighted by Gasteiger charge is 2.70. The smallest absolute Gasteiger partial charge is 0.358 e. The van der Waals surface area contributed by atoms with E-state index in [0.717, 1.165) is 0 Å². The molecule has 0 N–H and O–H groups in total. The Bertz CT molecular complexity index is 242. The number of halogens is 1. The molecule has 4 heteroatoms. The van der Waals surface area contributed by atoms with E-state index < -0.39 is 22.2 Å². The Morgan fingerprint density at radius 1 is 1.38 bits per heavy atom. The summed E-state index contributed by atoms with van der Waals surface area (Å²) >= 11 is 5.90. The molecule has 0 aromatic carbocycles. The van der Waals surface area contributed by atoms with Gasteiger partial charge in [0.15, 0.2) is 0 Å². The van der Waals surface area contributed by atoms with Crippen molar-refractivity contribution >= 4 is 17.6 Å². The highest BCUT2D eigenvalue weighted by atomic mass is 35.5. The van der Waals surface area contributed by atoms with Gasteiger partial charge in [-0.1, -0.05) is 11.6 Å². The van der Waals surface area contributed by atoms with Crippen LogP contribution < -0.4 is 0 Å². The maximum Gasteiger partial charge on any atom is 0.358 e. The Labute approximate surface area is 83.3 Å². The number of hydrogen-bond donors (Lipinski definition) is 0. The van der Waals surface area contributed by atoms with Crippen LogP contribution in [0, 0.1) is 0 Å². The van der Waals surface area contributed by atoms with Crippen LogP contribution in [0.15, 0.2) is 0 Å². The monoisotopic (exact) mass is 206 g/mol. The van der Waals surface area contributed by atoms with Crippen LogP contribution in [-0.4, -0.2) is 22.2 Å². The largest absolute Gasteiger partial charge is 0.457 e. The molecular weight excluding hydrogens is 192 g/mol. The number of hydrogen-bond acceptors (Lipinski definition) is 3. The maximum atomic E-state index is 11.5. The van der Waals surface area contributed by atoms with Gasteiger partial charge in [-0.2, -0.15) is 0 Å². The van der Waals surface area contributed by atoms with E-state index in [2.05, 4.69) is 0 Å². The zero-order valence-corrected chi connectivity index (χ0v) is 9.36. The summed E-state index contributed by atoms with van der Waals surface area (Å²) in [6.07, 6.45) is 0. The fraction of sp³-hybridized carbons (Fsp3) is 0.889. The summed E-state index contributed by atoms with van der Waals surface area (Å²) < 4.78 is 10.2. The molecule has 1 unspecified atom stereocenters. The van der Waals surface area contributed by atoms with Gasteiger partial charge in [0.1, 0.15) is 11.2 Å². The fourth-order valence-corrected chi connectivity index (χ4v) is 1.19. The van der Waals surface area contributed by atoms with Crippen molar-refractivity contribution in [3.63, 3.8) is 0 Å². The van der Waals surface area contributed by atoms with Crippen LogP contribution in [0.25, 0.3) is 0 Å². The summed E-state index contributed by atoms with van der Waals surface area (Å²) in [5.74, 6) is -0.508. The van der Waals surface area contributed by atoms with Gasteiger partial charge in [0, 0.05) is 0 Å². The van der Waals surface area contributed by atoms with Crippen molar-refractivity contribution in [1.29, 1.82) is 0 Å². The standard InChI is InChI=1S/C9H15ClO3/c1-7(2,3)12-6(11)9(10)8(4,5)13-9/h1-5H3. The molecule has 13 heavy (non-hydrogen) atoms. The Morgan fingerprint density at radius 2 is 1.77 bits per heavy atom. The van der Waals surface area contributed by atoms with E-state index in [-0.39, 0.29) is 0 Å². The highest BCUT2D eigenvalue weighted by Crippen LogP contribution is 2.52. The molecule has 0 amide bonds. The van der Waals surface area contributed by atoms with Crippen LogP contribution in [0.4, 0.5) is 0 Å². The first-order chi connectivity index (χ1) is 5.58. The van der Waals surface area contributed by atoms with Crippen LogP contribution >= 0.6 is 11.6 Å². The number of ether oxygens (including phenoxy) is 2. The van der Waals surface area contributed by atoms with E-state index in [0.29, 0.717) is 0 Å². The molecule has 3 nitrogen and oxygen atoms in total. The molecule has 0 radical (unpaired) electrons. The molecule has 1 fully saturated rings. The number of rotatable bonds is 1. The van der Waals surface area contributed by atoms with Gasteiger partial charge in [-0.15, -0.1) is 0 Å². The van der Waals surface area contributed by atoms with Gasteiger partial charge in [-0.05, 0) is 34.6 Å². The lowest BCUT2D eigenvalue weighted by atomic mass is 10.1. The lowest BCUT2D eigenvalue weighted by Gasteiger charge is -2.20. The SMILES string of the molecule is CC(C)(C)OC(=O)C1(Cl)OC1(C)C. The summed E-state index contributed by atoms with van der Waals surface area (Å²) in [7, 11) is 0. The van der Waals surface area contributed by atoms with Gasteiger partial charge >= 0.3 is 5.97 Å². The molecule has 1 heterocycles. The van der Waals surface area contributed by atoms with Crippen molar-refractivity contribution in [2.75, 3.05) is 0 Å². The first-order valence-corrected chi connectivity index (χ1v) is 4.59. The molecule has 1 aliphatic heterocycles. The van der Waals surface area contributed by atoms with Crippen molar-refractivity contribution in [1.82, 2.24) is 0 Å². The molecule has 1 rings (SSSR count). The normalized spacial score (nSPS) is 31.2. The van der Waals surface area contributed by atoms with E-state index in [4.69, 9.17) is 21.1 Å². The van der Waals surface area contributed by atoms with Crippen molar-refractivity contribution in [3.8, 4) is 0 Å². The van der Waals surface area contributed by atoms with Gasteiger partial charge in [-0.3, -0.25) is 0 Å². The quantitative estimate of drug-likeness (QED) is 0.375. The van der Waals surface area contributed by atoms with Crippen molar-refractivity contribution in [2.24, 2.45) is 0 Å². The highest BCUT2D eigenvalue weighted by molar-refractivity contribution is 6.35. The van der Waals surface area contributed by atoms with Crippen molar-refractivity contribution in [3.05, 3.63) is 0 Å². The summed E-state index contributed by atoms with van der Waals surface area (Å²) in [6.45, 7) is 8.88. The number of carbonyl (C=O) groups is 1. The molecule has 1 aliphatic rings. The van der Waals surface area contributed by atoms with Gasteiger partial charge < -0.3 is 9.47 Å². The maximum absolute atomic E-state index is 11.5. The number of esters is 1.